The first-order valence-corrected chi connectivity index (χ1v) is 8.53. The van der Waals surface area contributed by atoms with Gasteiger partial charge in [0.15, 0.2) is 0 Å². The van der Waals surface area contributed by atoms with E-state index < -0.39 is 18.3 Å². The van der Waals surface area contributed by atoms with Crippen molar-refractivity contribution in [3.8, 4) is 11.1 Å². The number of hydrogen-bond donors (Lipinski definition) is 2. The monoisotopic (exact) mass is 401 g/mol. The van der Waals surface area contributed by atoms with E-state index in [1.165, 1.54) is 31.6 Å². The molecule has 3 aromatic heterocycles. The Morgan fingerprint density at radius 1 is 1.21 bits per heavy atom. The maximum atomic E-state index is 13.2. The Hall–Kier alpha value is -3.69. The first kappa shape index (κ1) is 18.7. The van der Waals surface area contributed by atoms with Crippen molar-refractivity contribution >= 4 is 33.4 Å². The van der Waals surface area contributed by atoms with Crippen LogP contribution in [0.2, 0.25) is 0 Å². The van der Waals surface area contributed by atoms with Gasteiger partial charge in [-0.1, -0.05) is 12.1 Å². The zero-order valence-electron chi connectivity index (χ0n) is 15.0. The van der Waals surface area contributed by atoms with Crippen LogP contribution >= 0.6 is 0 Å². The highest BCUT2D eigenvalue weighted by molar-refractivity contribution is 6.04. The number of nitrogens with one attached hydrogen (secondary N) is 2. The number of anilines is 1. The third-order valence-electron chi connectivity index (χ3n) is 4.45. The molecule has 0 bridgehead atoms. The largest absolute Gasteiger partial charge is 0.406 e. The van der Waals surface area contributed by atoms with Gasteiger partial charge in [0, 0.05) is 24.1 Å². The quantitative estimate of drug-likeness (QED) is 0.550. The Labute approximate surface area is 161 Å². The lowest BCUT2D eigenvalue weighted by atomic mass is 10.0. The summed E-state index contributed by atoms with van der Waals surface area (Å²) in [5, 5.41) is 9.64. The molecule has 4 aromatic rings. The van der Waals surface area contributed by atoms with Gasteiger partial charge in [-0.25, -0.2) is 0 Å². The third kappa shape index (κ3) is 3.44. The fourth-order valence-corrected chi connectivity index (χ4v) is 3.31. The van der Waals surface area contributed by atoms with E-state index in [0.29, 0.717) is 32.3 Å². The second kappa shape index (κ2) is 6.73. The highest BCUT2D eigenvalue weighted by Gasteiger charge is 2.30. The normalized spacial score (nSPS) is 11.9. The minimum Gasteiger partial charge on any atom is -0.324 e. The van der Waals surface area contributed by atoms with E-state index in [-0.39, 0.29) is 16.8 Å². The van der Waals surface area contributed by atoms with Crippen molar-refractivity contribution in [3.63, 3.8) is 0 Å². The number of fused-ring (bicyclic) bond motifs is 3. The molecule has 3 heterocycles. The number of nitrogens with zero attached hydrogens (tertiary/aromatic N) is 3. The summed E-state index contributed by atoms with van der Waals surface area (Å²) in [7, 11) is 0. The number of benzene rings is 1. The van der Waals surface area contributed by atoms with Crippen LogP contribution in [0.1, 0.15) is 6.92 Å². The molecular formula is C19H14F3N5O2. The summed E-state index contributed by atoms with van der Waals surface area (Å²) in [6, 6.07) is 6.44. The molecule has 0 aliphatic heterocycles. The summed E-state index contributed by atoms with van der Waals surface area (Å²) in [6.07, 6.45) is -0.411. The van der Waals surface area contributed by atoms with Crippen LogP contribution in [0.5, 0.6) is 0 Å². The van der Waals surface area contributed by atoms with Crippen LogP contribution in [0, 0.1) is 0 Å². The lowest BCUT2D eigenvalue weighted by molar-refractivity contribution is -0.140. The second-order valence-corrected chi connectivity index (χ2v) is 6.50. The average molecular weight is 401 g/mol. The molecule has 7 nitrogen and oxygen atoms in total. The predicted molar refractivity (Wildman–Crippen MR) is 101 cm³/mol. The lowest BCUT2D eigenvalue weighted by Gasteiger charge is -2.15. The average Bonchev–Trinajstić information content (AvgIpc) is 3.14. The van der Waals surface area contributed by atoms with Gasteiger partial charge in [0.2, 0.25) is 5.91 Å². The Morgan fingerprint density at radius 2 is 2.00 bits per heavy atom. The zero-order chi connectivity index (χ0) is 20.8. The molecule has 0 atom stereocenters. The highest BCUT2D eigenvalue weighted by Crippen LogP contribution is 2.32. The van der Waals surface area contributed by atoms with Gasteiger partial charge in [-0.3, -0.25) is 24.2 Å². The molecule has 1 amide bonds. The number of carbonyl (C=O) groups excluding carboxylic acids is 1. The molecule has 0 aliphatic carbocycles. The van der Waals surface area contributed by atoms with Gasteiger partial charge in [0.25, 0.3) is 5.56 Å². The number of pyridine rings is 2. The number of halogens is 3. The van der Waals surface area contributed by atoms with E-state index in [0.717, 1.165) is 0 Å². The molecule has 148 valence electrons. The number of rotatable bonds is 3. The van der Waals surface area contributed by atoms with E-state index in [4.69, 9.17) is 0 Å². The van der Waals surface area contributed by atoms with E-state index in [2.05, 4.69) is 20.5 Å². The van der Waals surface area contributed by atoms with Crippen molar-refractivity contribution in [1.82, 2.24) is 19.7 Å². The fraction of sp³-hybridized carbons (Fsp3) is 0.158. The summed E-state index contributed by atoms with van der Waals surface area (Å²) < 4.78 is 40.2. The molecule has 0 saturated heterocycles. The molecule has 4 rings (SSSR count). The maximum absolute atomic E-state index is 13.2. The number of carbonyl (C=O) groups is 1. The van der Waals surface area contributed by atoms with Crippen LogP contribution in [0.3, 0.4) is 0 Å². The summed E-state index contributed by atoms with van der Waals surface area (Å²) in [6.45, 7) is -0.0884. The Bertz CT molecular complexity index is 1310. The smallest absolute Gasteiger partial charge is 0.324 e. The zero-order valence-corrected chi connectivity index (χ0v) is 15.0. The standard InChI is InChI=1S/C19H14F3N5O2/c1-10(28)25-15-8-23-5-4-12(15)11-2-3-13-16(6-11)27(9-19(20,21)22)18(29)14-7-24-26-17(13)14/h2-8H,9H2,1H3,(H,24,26)(H,25,28). The van der Waals surface area contributed by atoms with Crippen LogP contribution < -0.4 is 10.9 Å². The first-order chi connectivity index (χ1) is 13.7. The van der Waals surface area contributed by atoms with Crippen molar-refractivity contribution in [2.75, 3.05) is 5.32 Å². The number of alkyl halides is 3. The summed E-state index contributed by atoms with van der Waals surface area (Å²) in [4.78, 5) is 28.1. The fourth-order valence-electron chi connectivity index (χ4n) is 3.31. The van der Waals surface area contributed by atoms with Crippen LogP contribution in [-0.2, 0) is 11.3 Å². The number of H-pyrrole nitrogens is 1. The number of aromatic nitrogens is 4. The molecular weight excluding hydrogens is 387 g/mol. The number of hydrogen-bond acceptors (Lipinski definition) is 4. The minimum atomic E-state index is -4.58. The molecule has 10 heteroatoms. The van der Waals surface area contributed by atoms with Crippen LogP contribution in [0.25, 0.3) is 32.9 Å². The molecule has 0 unspecified atom stereocenters. The Kier molecular flexibility index (Phi) is 4.33. The van der Waals surface area contributed by atoms with Gasteiger partial charge in [-0.2, -0.15) is 18.3 Å². The number of aromatic amines is 1. The Balaban J connectivity index is 2.01. The maximum Gasteiger partial charge on any atom is 0.406 e. The molecule has 0 spiro atoms. The third-order valence-corrected chi connectivity index (χ3v) is 4.45. The van der Waals surface area contributed by atoms with E-state index in [1.807, 2.05) is 0 Å². The summed E-state index contributed by atoms with van der Waals surface area (Å²) in [5.74, 6) is -0.312. The lowest BCUT2D eigenvalue weighted by Crippen LogP contribution is -2.28. The van der Waals surface area contributed by atoms with Crippen molar-refractivity contribution < 1.29 is 18.0 Å². The van der Waals surface area contributed by atoms with Gasteiger partial charge in [-0.15, -0.1) is 0 Å². The predicted octanol–water partition coefficient (Wildman–Crippen LogP) is 3.46. The van der Waals surface area contributed by atoms with E-state index >= 15 is 0 Å². The van der Waals surface area contributed by atoms with Gasteiger partial charge in [0.1, 0.15) is 6.54 Å². The Morgan fingerprint density at radius 3 is 2.72 bits per heavy atom. The molecule has 0 aliphatic rings. The molecule has 0 radical (unpaired) electrons. The summed E-state index contributed by atoms with van der Waals surface area (Å²) >= 11 is 0. The number of amides is 1. The van der Waals surface area contributed by atoms with Gasteiger partial charge >= 0.3 is 6.18 Å². The first-order valence-electron chi connectivity index (χ1n) is 8.53. The van der Waals surface area contributed by atoms with Gasteiger partial charge in [-0.05, 0) is 17.7 Å². The molecule has 0 fully saturated rings. The van der Waals surface area contributed by atoms with Gasteiger partial charge < -0.3 is 5.32 Å². The van der Waals surface area contributed by atoms with Crippen LogP contribution in [0.4, 0.5) is 18.9 Å². The van der Waals surface area contributed by atoms with Gasteiger partial charge in [0.05, 0.1) is 34.5 Å². The van der Waals surface area contributed by atoms with Crippen molar-refractivity contribution in [2.45, 2.75) is 19.6 Å². The molecule has 29 heavy (non-hydrogen) atoms. The highest BCUT2D eigenvalue weighted by atomic mass is 19.4. The molecule has 2 N–H and O–H groups in total. The van der Waals surface area contributed by atoms with Crippen LogP contribution in [-0.4, -0.2) is 31.8 Å². The minimum absolute atomic E-state index is 0.0809. The second-order valence-electron chi connectivity index (χ2n) is 6.50. The molecule has 0 saturated carbocycles. The van der Waals surface area contributed by atoms with Crippen molar-refractivity contribution in [3.05, 3.63) is 53.2 Å². The van der Waals surface area contributed by atoms with E-state index in [1.54, 1.807) is 18.2 Å². The molecule has 1 aromatic carbocycles. The van der Waals surface area contributed by atoms with Crippen LogP contribution in [0.15, 0.2) is 47.7 Å². The SMILES string of the molecule is CC(=O)Nc1cnccc1-c1ccc2c3[nH]ncc3c(=O)n(CC(F)(F)F)c2c1. The van der Waals surface area contributed by atoms with Crippen molar-refractivity contribution in [2.24, 2.45) is 0 Å². The van der Waals surface area contributed by atoms with E-state index in [9.17, 15) is 22.8 Å². The topological polar surface area (TPSA) is 92.7 Å². The summed E-state index contributed by atoms with van der Waals surface area (Å²) in [5.41, 5.74) is 1.18. The van der Waals surface area contributed by atoms with Crippen molar-refractivity contribution in [1.29, 1.82) is 0 Å².